The summed E-state index contributed by atoms with van der Waals surface area (Å²) in [5, 5.41) is 2.76. The molecule has 0 aliphatic heterocycles. The van der Waals surface area contributed by atoms with E-state index in [0.717, 1.165) is 22.9 Å². The van der Waals surface area contributed by atoms with Crippen LogP contribution in [0.2, 0.25) is 0 Å². The predicted molar refractivity (Wildman–Crippen MR) is 116 cm³/mol. The highest BCUT2D eigenvalue weighted by molar-refractivity contribution is 7.99. The molecule has 0 fully saturated rings. The van der Waals surface area contributed by atoms with Gasteiger partial charge in [0.05, 0.1) is 5.75 Å². The maximum absolute atomic E-state index is 12.2. The minimum atomic E-state index is -0.435. The summed E-state index contributed by atoms with van der Waals surface area (Å²) in [6, 6.07) is 22.8. The lowest BCUT2D eigenvalue weighted by molar-refractivity contribution is -0.117. The molecule has 0 atom stereocenters. The summed E-state index contributed by atoms with van der Waals surface area (Å²) in [6.07, 6.45) is 1.75. The number of rotatable bonds is 6. The molecule has 2 heterocycles. The number of nitrogens with one attached hydrogen (secondary N) is 1. The fourth-order valence-electron chi connectivity index (χ4n) is 2.99. The van der Waals surface area contributed by atoms with Crippen LogP contribution in [0.4, 0.5) is 0 Å². The third-order valence-electron chi connectivity index (χ3n) is 4.45. The van der Waals surface area contributed by atoms with Crippen molar-refractivity contribution in [2.45, 2.75) is 5.22 Å². The van der Waals surface area contributed by atoms with E-state index < -0.39 is 11.8 Å². The highest BCUT2D eigenvalue weighted by Gasteiger charge is 2.19. The second-order valence-electron chi connectivity index (χ2n) is 6.56. The first kappa shape index (κ1) is 19.7. The number of amides is 2. The minimum Gasteiger partial charge on any atom is -0.431 e. The van der Waals surface area contributed by atoms with Gasteiger partial charge < -0.3 is 8.98 Å². The van der Waals surface area contributed by atoms with Gasteiger partial charge in [-0.3, -0.25) is 14.9 Å². The average molecular weight is 417 g/mol. The predicted octanol–water partition coefficient (Wildman–Crippen LogP) is 4.40. The normalized spacial score (nSPS) is 10.7. The molecule has 0 saturated heterocycles. The van der Waals surface area contributed by atoms with E-state index in [4.69, 9.17) is 4.42 Å². The molecule has 150 valence electrons. The van der Waals surface area contributed by atoms with E-state index in [1.807, 2.05) is 60.7 Å². The summed E-state index contributed by atoms with van der Waals surface area (Å²) in [5.41, 5.74) is 2.96. The smallest absolute Gasteiger partial charge is 0.274 e. The Morgan fingerprint density at radius 2 is 1.63 bits per heavy atom. The van der Waals surface area contributed by atoms with Crippen molar-refractivity contribution >= 4 is 23.6 Å². The number of hydrogen-bond acceptors (Lipinski definition) is 5. The van der Waals surface area contributed by atoms with Crippen LogP contribution < -0.4 is 5.32 Å². The quantitative estimate of drug-likeness (QED) is 0.471. The number of oxazole rings is 1. The summed E-state index contributed by atoms with van der Waals surface area (Å²) < 4.78 is 7.64. The standard InChI is InChI=1S/C23H19N3O3S/c1-26-14-8-13-18(26)22(28)24-19(27)15-30-23-25-20(16-9-4-2-5-10-16)21(29-23)17-11-6-3-7-12-17/h2-14H,15H2,1H3,(H,24,27,28). The maximum atomic E-state index is 12.2. The van der Waals surface area contributed by atoms with Crippen molar-refractivity contribution in [3.63, 3.8) is 0 Å². The first-order valence-corrected chi connectivity index (χ1v) is 10.3. The van der Waals surface area contributed by atoms with Crippen LogP contribution in [-0.4, -0.2) is 27.1 Å². The van der Waals surface area contributed by atoms with Crippen molar-refractivity contribution in [3.05, 3.63) is 84.7 Å². The van der Waals surface area contributed by atoms with Crippen LogP contribution in [0.25, 0.3) is 22.6 Å². The van der Waals surface area contributed by atoms with Crippen molar-refractivity contribution in [1.29, 1.82) is 0 Å². The van der Waals surface area contributed by atoms with Crippen LogP contribution >= 0.6 is 11.8 Å². The summed E-state index contributed by atoms with van der Waals surface area (Å²) >= 11 is 1.15. The molecular formula is C23H19N3O3S. The van der Waals surface area contributed by atoms with Gasteiger partial charge in [0, 0.05) is 24.4 Å². The number of carbonyl (C=O) groups excluding carboxylic acids is 2. The van der Waals surface area contributed by atoms with Gasteiger partial charge in [0.1, 0.15) is 11.4 Å². The zero-order valence-electron chi connectivity index (χ0n) is 16.2. The first-order valence-electron chi connectivity index (χ1n) is 9.32. The largest absolute Gasteiger partial charge is 0.431 e. The molecule has 0 spiro atoms. The lowest BCUT2D eigenvalue weighted by atomic mass is 10.1. The van der Waals surface area contributed by atoms with Crippen molar-refractivity contribution in [1.82, 2.24) is 14.9 Å². The molecule has 30 heavy (non-hydrogen) atoms. The van der Waals surface area contributed by atoms with Gasteiger partial charge in [0.15, 0.2) is 5.76 Å². The Balaban J connectivity index is 1.51. The summed E-state index contributed by atoms with van der Waals surface area (Å²) in [6.45, 7) is 0. The molecule has 6 nitrogen and oxygen atoms in total. The van der Waals surface area contributed by atoms with E-state index in [9.17, 15) is 9.59 Å². The van der Waals surface area contributed by atoms with E-state index in [0.29, 0.717) is 22.4 Å². The van der Waals surface area contributed by atoms with E-state index in [1.165, 1.54) is 0 Å². The van der Waals surface area contributed by atoms with Crippen LogP contribution in [0.5, 0.6) is 0 Å². The molecule has 2 aromatic carbocycles. The Hall–Kier alpha value is -3.58. The molecule has 0 aliphatic rings. The van der Waals surface area contributed by atoms with Gasteiger partial charge in [-0.25, -0.2) is 4.98 Å². The third-order valence-corrected chi connectivity index (χ3v) is 5.27. The number of hydrogen-bond donors (Lipinski definition) is 1. The van der Waals surface area contributed by atoms with Gasteiger partial charge in [-0.15, -0.1) is 0 Å². The molecule has 4 rings (SSSR count). The van der Waals surface area contributed by atoms with Crippen LogP contribution in [0.1, 0.15) is 10.5 Å². The summed E-state index contributed by atoms with van der Waals surface area (Å²) in [5.74, 6) is -0.189. The van der Waals surface area contributed by atoms with Gasteiger partial charge in [-0.05, 0) is 12.1 Å². The van der Waals surface area contributed by atoms with E-state index >= 15 is 0 Å². The molecule has 0 bridgehead atoms. The Kier molecular flexibility index (Phi) is 5.81. The van der Waals surface area contributed by atoms with Crippen molar-refractivity contribution < 1.29 is 14.0 Å². The van der Waals surface area contributed by atoms with Crippen molar-refractivity contribution in [2.24, 2.45) is 7.05 Å². The summed E-state index contributed by atoms with van der Waals surface area (Å²) in [7, 11) is 1.75. The zero-order chi connectivity index (χ0) is 20.9. The maximum Gasteiger partial charge on any atom is 0.274 e. The van der Waals surface area contributed by atoms with Crippen LogP contribution in [0, 0.1) is 0 Å². The monoisotopic (exact) mass is 417 g/mol. The Labute approximate surface area is 177 Å². The number of carbonyl (C=O) groups is 2. The minimum absolute atomic E-state index is 0.0130. The first-order chi connectivity index (χ1) is 14.6. The average Bonchev–Trinajstić information content (AvgIpc) is 3.40. The number of nitrogens with zero attached hydrogens (tertiary/aromatic N) is 2. The fourth-order valence-corrected chi connectivity index (χ4v) is 3.61. The van der Waals surface area contributed by atoms with Gasteiger partial charge in [-0.2, -0.15) is 0 Å². The molecular weight excluding hydrogens is 398 g/mol. The molecule has 0 radical (unpaired) electrons. The second-order valence-corrected chi connectivity index (χ2v) is 7.49. The van der Waals surface area contributed by atoms with Gasteiger partial charge >= 0.3 is 0 Å². The Morgan fingerprint density at radius 3 is 2.27 bits per heavy atom. The van der Waals surface area contributed by atoms with Crippen LogP contribution in [0.3, 0.4) is 0 Å². The summed E-state index contributed by atoms with van der Waals surface area (Å²) in [4.78, 5) is 29.0. The van der Waals surface area contributed by atoms with Gasteiger partial charge in [0.2, 0.25) is 5.91 Å². The Morgan fingerprint density at radius 1 is 0.967 bits per heavy atom. The molecule has 4 aromatic rings. The fraction of sp³-hybridized carbons (Fsp3) is 0.0870. The van der Waals surface area contributed by atoms with Gasteiger partial charge in [-0.1, -0.05) is 72.4 Å². The number of thioether (sulfide) groups is 1. The number of benzene rings is 2. The number of imide groups is 1. The Bertz CT molecular complexity index is 1110. The molecule has 0 aliphatic carbocycles. The van der Waals surface area contributed by atoms with Crippen molar-refractivity contribution in [3.8, 4) is 22.6 Å². The van der Waals surface area contributed by atoms with Gasteiger partial charge in [0.25, 0.3) is 11.1 Å². The van der Waals surface area contributed by atoms with E-state index in [2.05, 4.69) is 10.3 Å². The molecule has 2 amide bonds. The second kappa shape index (κ2) is 8.84. The van der Waals surface area contributed by atoms with Crippen LogP contribution in [-0.2, 0) is 11.8 Å². The molecule has 0 saturated carbocycles. The van der Waals surface area contributed by atoms with E-state index in [-0.39, 0.29) is 5.75 Å². The van der Waals surface area contributed by atoms with Crippen molar-refractivity contribution in [2.75, 3.05) is 5.75 Å². The third kappa shape index (κ3) is 4.36. The lowest BCUT2D eigenvalue weighted by Gasteiger charge is -2.04. The topological polar surface area (TPSA) is 77.1 Å². The molecule has 2 aromatic heterocycles. The molecule has 1 N–H and O–H groups in total. The number of aromatic nitrogens is 2. The number of aryl methyl sites for hydroxylation is 1. The molecule has 0 unspecified atom stereocenters. The SMILES string of the molecule is Cn1cccc1C(=O)NC(=O)CSc1nc(-c2ccccc2)c(-c2ccccc2)o1. The highest BCUT2D eigenvalue weighted by atomic mass is 32.2. The highest BCUT2D eigenvalue weighted by Crippen LogP contribution is 2.35. The lowest BCUT2D eigenvalue weighted by Crippen LogP contribution is -2.32. The molecule has 7 heteroatoms. The van der Waals surface area contributed by atoms with E-state index in [1.54, 1.807) is 29.9 Å². The van der Waals surface area contributed by atoms with Crippen LogP contribution in [0.15, 0.2) is 88.6 Å². The zero-order valence-corrected chi connectivity index (χ0v) is 17.1.